The van der Waals surface area contributed by atoms with E-state index in [-0.39, 0.29) is 5.41 Å². The van der Waals surface area contributed by atoms with Gasteiger partial charge in [-0.1, -0.05) is 45.1 Å². The summed E-state index contributed by atoms with van der Waals surface area (Å²) in [6.45, 7) is 6.43. The number of methoxy groups -OCH3 is 1. The second kappa shape index (κ2) is 5.13. The van der Waals surface area contributed by atoms with Gasteiger partial charge in [-0.15, -0.1) is 0 Å². The summed E-state index contributed by atoms with van der Waals surface area (Å²) in [6.07, 6.45) is 0. The summed E-state index contributed by atoms with van der Waals surface area (Å²) in [5.41, 5.74) is 2.05. The van der Waals surface area contributed by atoms with Gasteiger partial charge in [-0.2, -0.15) is 0 Å². The van der Waals surface area contributed by atoms with Crippen molar-refractivity contribution in [2.45, 2.75) is 26.2 Å². The molecule has 0 fully saturated rings. The van der Waals surface area contributed by atoms with Crippen molar-refractivity contribution in [3.8, 4) is 17.1 Å². The molecular formula is C15H18N2OS. The Labute approximate surface area is 118 Å². The SMILES string of the molecule is COc1cccc(-c2nc(=S)cc(C(C)(C)C)[nH]2)c1. The van der Waals surface area contributed by atoms with E-state index >= 15 is 0 Å². The van der Waals surface area contributed by atoms with Crippen LogP contribution < -0.4 is 4.74 Å². The van der Waals surface area contributed by atoms with E-state index in [0.717, 1.165) is 22.8 Å². The molecule has 0 aliphatic rings. The van der Waals surface area contributed by atoms with Crippen LogP contribution in [0.3, 0.4) is 0 Å². The minimum Gasteiger partial charge on any atom is -0.497 e. The standard InChI is InChI=1S/C15H18N2OS/c1-15(2,3)12-9-13(19)17-14(16-12)10-6-5-7-11(8-10)18-4/h5-9H,1-4H3,(H,16,17,19). The molecule has 0 aliphatic carbocycles. The number of aromatic nitrogens is 2. The molecule has 0 spiro atoms. The van der Waals surface area contributed by atoms with Gasteiger partial charge in [-0.25, -0.2) is 4.98 Å². The lowest BCUT2D eigenvalue weighted by Gasteiger charge is -2.19. The molecule has 0 amide bonds. The first-order chi connectivity index (χ1) is 8.90. The number of nitrogens with zero attached hydrogens (tertiary/aromatic N) is 1. The molecule has 100 valence electrons. The van der Waals surface area contributed by atoms with Gasteiger partial charge < -0.3 is 9.72 Å². The summed E-state index contributed by atoms with van der Waals surface area (Å²) < 4.78 is 5.83. The molecule has 1 aromatic carbocycles. The van der Waals surface area contributed by atoms with E-state index in [2.05, 4.69) is 30.7 Å². The lowest BCUT2D eigenvalue weighted by atomic mass is 9.92. The highest BCUT2D eigenvalue weighted by Gasteiger charge is 2.16. The number of benzene rings is 1. The Morgan fingerprint density at radius 3 is 2.58 bits per heavy atom. The Balaban J connectivity index is 2.56. The van der Waals surface area contributed by atoms with Crippen molar-refractivity contribution in [3.63, 3.8) is 0 Å². The molecule has 2 rings (SSSR count). The fourth-order valence-electron chi connectivity index (χ4n) is 1.77. The minimum absolute atomic E-state index is 0.00408. The number of hydrogen-bond acceptors (Lipinski definition) is 3. The van der Waals surface area contributed by atoms with E-state index in [1.807, 2.05) is 30.3 Å². The maximum Gasteiger partial charge on any atom is 0.139 e. The zero-order valence-corrected chi connectivity index (χ0v) is 12.5. The number of H-pyrrole nitrogens is 1. The molecule has 0 aliphatic heterocycles. The third kappa shape index (κ3) is 3.20. The summed E-state index contributed by atoms with van der Waals surface area (Å²) in [5, 5.41) is 0. The van der Waals surface area contributed by atoms with Gasteiger partial charge in [0.05, 0.1) is 7.11 Å². The number of ether oxygens (including phenoxy) is 1. The van der Waals surface area contributed by atoms with Gasteiger partial charge in [0.15, 0.2) is 0 Å². The predicted octanol–water partition coefficient (Wildman–Crippen LogP) is 4.11. The predicted molar refractivity (Wildman–Crippen MR) is 80.1 cm³/mol. The average molecular weight is 274 g/mol. The minimum atomic E-state index is 0.00408. The van der Waals surface area contributed by atoms with Crippen LogP contribution in [-0.2, 0) is 5.41 Å². The maximum absolute atomic E-state index is 5.25. The molecule has 2 aromatic rings. The average Bonchev–Trinajstić information content (AvgIpc) is 2.37. The van der Waals surface area contributed by atoms with Crippen molar-refractivity contribution in [1.29, 1.82) is 0 Å². The molecule has 0 saturated heterocycles. The molecular weight excluding hydrogens is 256 g/mol. The van der Waals surface area contributed by atoms with E-state index in [4.69, 9.17) is 17.0 Å². The molecule has 1 N–H and O–H groups in total. The topological polar surface area (TPSA) is 37.9 Å². The summed E-state index contributed by atoms with van der Waals surface area (Å²) in [5.74, 6) is 1.58. The van der Waals surface area contributed by atoms with Gasteiger partial charge in [0.2, 0.25) is 0 Å². The number of aromatic amines is 1. The largest absolute Gasteiger partial charge is 0.497 e. The van der Waals surface area contributed by atoms with Crippen LogP contribution in [0.2, 0.25) is 0 Å². The summed E-state index contributed by atoms with van der Waals surface area (Å²) >= 11 is 5.25. The molecule has 0 atom stereocenters. The molecule has 0 saturated carbocycles. The Bertz CT molecular complexity index is 641. The lowest BCUT2D eigenvalue weighted by molar-refractivity contribution is 0.415. The van der Waals surface area contributed by atoms with Crippen LogP contribution in [0.4, 0.5) is 0 Å². The molecule has 4 heteroatoms. The normalized spacial score (nSPS) is 11.4. The van der Waals surface area contributed by atoms with Gasteiger partial charge in [-0.3, -0.25) is 0 Å². The van der Waals surface area contributed by atoms with Gasteiger partial charge in [0, 0.05) is 16.7 Å². The second-order valence-corrected chi connectivity index (χ2v) is 5.88. The van der Waals surface area contributed by atoms with Crippen LogP contribution in [0, 0.1) is 4.64 Å². The van der Waals surface area contributed by atoms with Crippen molar-refractivity contribution in [3.05, 3.63) is 40.7 Å². The van der Waals surface area contributed by atoms with E-state index in [1.165, 1.54) is 0 Å². The van der Waals surface area contributed by atoms with E-state index < -0.39 is 0 Å². The van der Waals surface area contributed by atoms with Crippen LogP contribution in [0.1, 0.15) is 26.5 Å². The lowest BCUT2D eigenvalue weighted by Crippen LogP contribution is -2.14. The Kier molecular flexibility index (Phi) is 3.71. The number of nitrogens with one attached hydrogen (secondary N) is 1. The monoisotopic (exact) mass is 274 g/mol. The molecule has 3 nitrogen and oxygen atoms in total. The zero-order valence-electron chi connectivity index (χ0n) is 11.7. The summed E-state index contributed by atoms with van der Waals surface area (Å²) in [6, 6.07) is 9.70. The Morgan fingerprint density at radius 1 is 1.21 bits per heavy atom. The second-order valence-electron chi connectivity index (χ2n) is 5.46. The molecule has 19 heavy (non-hydrogen) atoms. The molecule has 0 unspecified atom stereocenters. The van der Waals surface area contributed by atoms with Crippen molar-refractivity contribution in [2.24, 2.45) is 0 Å². The van der Waals surface area contributed by atoms with E-state index in [9.17, 15) is 0 Å². The molecule has 0 bridgehead atoms. The maximum atomic E-state index is 5.25. The first kappa shape index (κ1) is 13.7. The number of hydrogen-bond donors (Lipinski definition) is 1. The Hall–Kier alpha value is -1.68. The van der Waals surface area contributed by atoms with Crippen LogP contribution >= 0.6 is 12.2 Å². The van der Waals surface area contributed by atoms with Crippen LogP contribution in [0.15, 0.2) is 30.3 Å². The third-order valence-corrected chi connectivity index (χ3v) is 3.10. The fraction of sp³-hybridized carbons (Fsp3) is 0.333. The fourth-order valence-corrected chi connectivity index (χ4v) is 1.98. The highest BCUT2D eigenvalue weighted by molar-refractivity contribution is 7.71. The number of rotatable bonds is 2. The molecule has 1 heterocycles. The highest BCUT2D eigenvalue weighted by atomic mass is 32.1. The van der Waals surface area contributed by atoms with Crippen molar-refractivity contribution < 1.29 is 4.74 Å². The molecule has 1 aromatic heterocycles. The first-order valence-electron chi connectivity index (χ1n) is 6.16. The summed E-state index contributed by atoms with van der Waals surface area (Å²) in [7, 11) is 1.65. The quantitative estimate of drug-likeness (QED) is 0.837. The van der Waals surface area contributed by atoms with E-state index in [1.54, 1.807) is 7.11 Å². The van der Waals surface area contributed by atoms with Gasteiger partial charge in [0.1, 0.15) is 16.2 Å². The van der Waals surface area contributed by atoms with Gasteiger partial charge in [-0.05, 0) is 18.2 Å². The molecule has 0 radical (unpaired) electrons. The van der Waals surface area contributed by atoms with Crippen LogP contribution in [0.5, 0.6) is 5.75 Å². The van der Waals surface area contributed by atoms with Gasteiger partial charge >= 0.3 is 0 Å². The van der Waals surface area contributed by atoms with Crippen molar-refractivity contribution in [2.75, 3.05) is 7.11 Å². The van der Waals surface area contributed by atoms with Crippen molar-refractivity contribution >= 4 is 12.2 Å². The highest BCUT2D eigenvalue weighted by Crippen LogP contribution is 2.25. The first-order valence-corrected chi connectivity index (χ1v) is 6.57. The van der Waals surface area contributed by atoms with E-state index in [0.29, 0.717) is 4.64 Å². The van der Waals surface area contributed by atoms with Gasteiger partial charge in [0.25, 0.3) is 0 Å². The zero-order chi connectivity index (χ0) is 14.0. The van der Waals surface area contributed by atoms with Crippen molar-refractivity contribution in [1.82, 2.24) is 9.97 Å². The van der Waals surface area contributed by atoms with Crippen LogP contribution in [0.25, 0.3) is 11.4 Å². The Morgan fingerprint density at radius 2 is 1.95 bits per heavy atom. The summed E-state index contributed by atoms with van der Waals surface area (Å²) in [4.78, 5) is 7.76. The smallest absolute Gasteiger partial charge is 0.139 e. The third-order valence-electron chi connectivity index (χ3n) is 2.89. The van der Waals surface area contributed by atoms with Crippen LogP contribution in [-0.4, -0.2) is 17.1 Å².